The first-order chi connectivity index (χ1) is 23.5. The van der Waals surface area contributed by atoms with Crippen LogP contribution in [0.4, 0.5) is 0 Å². The third kappa shape index (κ3) is 3.40. The van der Waals surface area contributed by atoms with Gasteiger partial charge in [0.1, 0.15) is 0 Å². The molecule has 0 spiro atoms. The first kappa shape index (κ1) is 22.0. The molecule has 7 aromatic carbocycles. The molecule has 0 bridgehead atoms. The summed E-state index contributed by atoms with van der Waals surface area (Å²) in [6, 6.07) is 45.3. The van der Waals surface area contributed by atoms with Crippen molar-refractivity contribution in [2.24, 2.45) is 0 Å². The number of nitrogens with zero attached hydrogens (tertiary/aromatic N) is 3. The molecule has 0 saturated heterocycles. The van der Waals surface area contributed by atoms with Gasteiger partial charge in [0.05, 0.1) is 26.9 Å². The Kier molecular flexibility index (Phi) is 4.51. The Morgan fingerprint density at radius 2 is 1.27 bits per heavy atom. The second kappa shape index (κ2) is 9.21. The van der Waals surface area contributed by atoms with Crippen LogP contribution in [0, 0.1) is 6.85 Å². The lowest BCUT2D eigenvalue weighted by Crippen LogP contribution is -2.04. The molecule has 45 heavy (non-hydrogen) atoms. The molecule has 0 unspecified atom stereocenters. The number of benzene rings is 7. The number of hydrogen-bond acceptors (Lipinski definition) is 3. The summed E-state index contributed by atoms with van der Waals surface area (Å²) in [6.45, 7) is -2.31. The largest absolute Gasteiger partial charge is 0.276 e. The number of rotatable bonds is 2. The second-order valence-electron chi connectivity index (χ2n) is 11.5. The smallest absolute Gasteiger partial charge is 0.235 e. The van der Waals surface area contributed by atoms with Crippen molar-refractivity contribution in [1.29, 1.82) is 0 Å². The lowest BCUT2D eigenvalue weighted by molar-refractivity contribution is 1.02. The van der Waals surface area contributed by atoms with E-state index in [1.807, 2.05) is 36.4 Å². The maximum absolute atomic E-state index is 8.36. The van der Waals surface area contributed by atoms with Gasteiger partial charge in [-0.3, -0.25) is 4.57 Å². The number of fused-ring (bicyclic) bond motifs is 13. The molecule has 4 heteroatoms. The van der Waals surface area contributed by atoms with Crippen LogP contribution < -0.4 is 0 Å². The minimum absolute atomic E-state index is 0.269. The molecule has 0 aliphatic carbocycles. The summed E-state index contributed by atoms with van der Waals surface area (Å²) < 4.78 is 29.7. The van der Waals surface area contributed by atoms with Gasteiger partial charge in [-0.2, -0.15) is 0 Å². The Hall–Kier alpha value is -5.58. The maximum Gasteiger partial charge on any atom is 0.235 e. The molecular weight excluding hydrogens is 567 g/mol. The summed E-state index contributed by atoms with van der Waals surface area (Å²) in [5.74, 6) is 0.508. The van der Waals surface area contributed by atoms with Crippen LogP contribution in [-0.2, 0) is 0 Å². The first-order valence-electron chi connectivity index (χ1n) is 16.5. The van der Waals surface area contributed by atoms with Crippen LogP contribution >= 0.6 is 11.3 Å². The Morgan fingerprint density at radius 1 is 0.578 bits per heavy atom. The fourth-order valence-electron chi connectivity index (χ4n) is 7.20. The van der Waals surface area contributed by atoms with E-state index < -0.39 is 6.85 Å². The minimum Gasteiger partial charge on any atom is -0.276 e. The number of aromatic nitrogens is 3. The van der Waals surface area contributed by atoms with E-state index in [0.717, 1.165) is 43.5 Å². The lowest BCUT2D eigenvalue weighted by Gasteiger charge is -2.13. The van der Waals surface area contributed by atoms with Gasteiger partial charge in [0.2, 0.25) is 5.95 Å². The summed E-state index contributed by atoms with van der Waals surface area (Å²) >= 11 is 1.79. The lowest BCUT2D eigenvalue weighted by atomic mass is 9.97. The van der Waals surface area contributed by atoms with Gasteiger partial charge < -0.3 is 0 Å². The quantitative estimate of drug-likeness (QED) is 0.199. The average Bonchev–Trinajstić information content (AvgIpc) is 3.68. The molecule has 10 aromatic rings. The molecule has 0 saturated carbocycles. The van der Waals surface area contributed by atoms with Gasteiger partial charge in [-0.25, -0.2) is 9.97 Å². The molecule has 0 amide bonds. The van der Waals surface area contributed by atoms with Crippen LogP contribution in [0.1, 0.15) is 9.68 Å². The zero-order chi connectivity index (χ0) is 32.1. The molecule has 3 heterocycles. The molecule has 10 rings (SSSR count). The van der Waals surface area contributed by atoms with Crippen LogP contribution in [0.2, 0.25) is 0 Å². The van der Waals surface area contributed by atoms with Gasteiger partial charge in [0.15, 0.2) is 0 Å². The maximum atomic E-state index is 8.36. The van der Waals surface area contributed by atoms with E-state index in [1.54, 1.807) is 23.5 Å². The molecule has 0 radical (unpaired) electrons. The van der Waals surface area contributed by atoms with Crippen molar-refractivity contribution in [3.05, 3.63) is 139 Å². The van der Waals surface area contributed by atoms with E-state index >= 15 is 0 Å². The number of thiophene rings is 1. The zero-order valence-corrected chi connectivity index (χ0v) is 24.8. The molecular formula is C41H25N3S. The highest BCUT2D eigenvalue weighted by molar-refractivity contribution is 7.27. The summed E-state index contributed by atoms with van der Waals surface area (Å²) in [4.78, 5) is 10.5. The Labute approximate surface area is 266 Å². The van der Waals surface area contributed by atoms with Crippen molar-refractivity contribution < 1.29 is 4.11 Å². The molecule has 0 aliphatic rings. The van der Waals surface area contributed by atoms with Gasteiger partial charge in [-0.15, -0.1) is 11.3 Å². The van der Waals surface area contributed by atoms with Crippen molar-refractivity contribution >= 4 is 85.8 Å². The van der Waals surface area contributed by atoms with E-state index in [0.29, 0.717) is 17.2 Å². The van der Waals surface area contributed by atoms with Gasteiger partial charge >= 0.3 is 0 Å². The Balaban J connectivity index is 1.47. The van der Waals surface area contributed by atoms with E-state index in [1.165, 1.54) is 30.9 Å². The standard InChI is InChI=1S/C41H25N3S/c1-24-12-2-4-14-26(24)38-30-18-8-10-20-32(30)42-41(43-38)44-33-23-22-25-13-3-5-15-27(25)36(33)37-29-17-7-6-16-28(29)35-31-19-9-11-21-34(31)45-40(35)39(37)44/h2-23H,1H3/i1D3. The van der Waals surface area contributed by atoms with Crippen LogP contribution in [0.25, 0.3) is 91.6 Å². The van der Waals surface area contributed by atoms with Crippen molar-refractivity contribution in [1.82, 2.24) is 14.5 Å². The second-order valence-corrected chi connectivity index (χ2v) is 12.6. The predicted molar refractivity (Wildman–Crippen MR) is 192 cm³/mol. The molecule has 0 aliphatic heterocycles. The molecule has 3 aromatic heterocycles. The normalized spacial score (nSPS) is 13.4. The fraction of sp³-hybridized carbons (Fsp3) is 0.0244. The third-order valence-electron chi connectivity index (χ3n) is 9.11. The van der Waals surface area contributed by atoms with Crippen molar-refractivity contribution in [2.45, 2.75) is 6.85 Å². The summed E-state index contributed by atoms with van der Waals surface area (Å²) in [5, 5.41) is 10.3. The van der Waals surface area contributed by atoms with Crippen molar-refractivity contribution in [2.75, 3.05) is 0 Å². The molecule has 0 fully saturated rings. The number of hydrogen-bond donors (Lipinski definition) is 0. The van der Waals surface area contributed by atoms with E-state index in [2.05, 4.69) is 89.5 Å². The van der Waals surface area contributed by atoms with E-state index in [-0.39, 0.29) is 5.56 Å². The summed E-state index contributed by atoms with van der Waals surface area (Å²) in [5.41, 5.74) is 4.27. The van der Waals surface area contributed by atoms with Gasteiger partial charge in [0, 0.05) is 41.3 Å². The topological polar surface area (TPSA) is 30.7 Å². The zero-order valence-electron chi connectivity index (χ0n) is 27.0. The van der Waals surface area contributed by atoms with Crippen LogP contribution in [0.15, 0.2) is 133 Å². The number of para-hydroxylation sites is 1. The van der Waals surface area contributed by atoms with Crippen LogP contribution in [0.3, 0.4) is 0 Å². The monoisotopic (exact) mass is 594 g/mol. The van der Waals surface area contributed by atoms with Crippen LogP contribution in [-0.4, -0.2) is 14.5 Å². The van der Waals surface area contributed by atoms with Crippen LogP contribution in [0.5, 0.6) is 0 Å². The summed E-state index contributed by atoms with van der Waals surface area (Å²) in [6.07, 6.45) is 0. The van der Waals surface area contributed by atoms with Crippen molar-refractivity contribution in [3.8, 4) is 17.2 Å². The Morgan fingerprint density at radius 3 is 2.13 bits per heavy atom. The van der Waals surface area contributed by atoms with Gasteiger partial charge in [-0.05, 0) is 52.2 Å². The molecule has 0 N–H and O–H groups in total. The van der Waals surface area contributed by atoms with E-state index in [9.17, 15) is 0 Å². The Bertz CT molecular complexity index is 2950. The molecule has 3 nitrogen and oxygen atoms in total. The predicted octanol–water partition coefficient (Wildman–Crippen LogP) is 11.4. The SMILES string of the molecule is [2H]C([2H])([2H])c1ccccc1-c1nc(-n2c3ccc4ccccc4c3c3c4ccccc4c4c5ccccc5sc4c32)nc2ccccc12. The third-order valence-corrected chi connectivity index (χ3v) is 10.3. The molecule has 0 atom stereocenters. The minimum atomic E-state index is -2.31. The highest BCUT2D eigenvalue weighted by atomic mass is 32.1. The number of aryl methyl sites for hydroxylation is 1. The summed E-state index contributed by atoms with van der Waals surface area (Å²) in [7, 11) is 0. The highest BCUT2D eigenvalue weighted by Gasteiger charge is 2.24. The first-order valence-corrected chi connectivity index (χ1v) is 15.8. The average molecular weight is 595 g/mol. The highest BCUT2D eigenvalue weighted by Crippen LogP contribution is 2.49. The molecule has 210 valence electrons. The van der Waals surface area contributed by atoms with Gasteiger partial charge in [0.25, 0.3) is 0 Å². The van der Waals surface area contributed by atoms with Crippen molar-refractivity contribution in [3.63, 3.8) is 0 Å². The van der Waals surface area contributed by atoms with Gasteiger partial charge in [-0.1, -0.05) is 115 Å². The fourth-order valence-corrected chi connectivity index (χ4v) is 8.46. The van der Waals surface area contributed by atoms with E-state index in [4.69, 9.17) is 14.1 Å².